The van der Waals surface area contributed by atoms with Crippen LogP contribution >= 0.6 is 0 Å². The normalized spacial score (nSPS) is 14.0. The first kappa shape index (κ1) is 28.5. The van der Waals surface area contributed by atoms with E-state index in [-0.39, 0.29) is 30.0 Å². The molecule has 0 saturated carbocycles. The van der Waals surface area contributed by atoms with Crippen molar-refractivity contribution in [3.05, 3.63) is 95.4 Å². The molecule has 0 unspecified atom stereocenters. The lowest BCUT2D eigenvalue weighted by atomic mass is 9.81. The van der Waals surface area contributed by atoms with Crippen LogP contribution in [0.25, 0.3) is 16.5 Å². The Kier molecular flexibility index (Phi) is 7.51. The van der Waals surface area contributed by atoms with E-state index in [1.807, 2.05) is 13.8 Å². The summed E-state index contributed by atoms with van der Waals surface area (Å²) in [5.41, 5.74) is 1.04. The lowest BCUT2D eigenvalue weighted by Crippen LogP contribution is -2.37. The molecule has 2 amide bonds. The molecule has 9 nitrogen and oxygen atoms in total. The van der Waals surface area contributed by atoms with Crippen LogP contribution in [0.4, 0.5) is 19.4 Å². The zero-order valence-electron chi connectivity index (χ0n) is 23.4. The smallest absolute Gasteiger partial charge is 0.420 e. The lowest BCUT2D eigenvalue weighted by Gasteiger charge is -2.29. The van der Waals surface area contributed by atoms with Crippen LogP contribution in [0.3, 0.4) is 0 Å². The van der Waals surface area contributed by atoms with Gasteiger partial charge in [0.25, 0.3) is 5.91 Å². The van der Waals surface area contributed by atoms with Crippen LogP contribution in [0.5, 0.6) is 5.75 Å². The molecule has 0 radical (unpaired) electrons. The number of nitrogens with one attached hydrogen (secondary N) is 1. The van der Waals surface area contributed by atoms with E-state index in [4.69, 9.17) is 9.47 Å². The minimum Gasteiger partial charge on any atom is -0.462 e. The first-order valence-electron chi connectivity index (χ1n) is 13.2. The molecule has 42 heavy (non-hydrogen) atoms. The molecule has 0 spiro atoms. The highest BCUT2D eigenvalue weighted by molar-refractivity contribution is 6.18. The number of carbonyl (C=O) groups excluding carboxylic acids is 3. The van der Waals surface area contributed by atoms with Crippen molar-refractivity contribution >= 4 is 40.3 Å². The fourth-order valence-electron chi connectivity index (χ4n) is 5.02. The van der Waals surface area contributed by atoms with E-state index in [1.54, 1.807) is 56.6 Å². The van der Waals surface area contributed by atoms with Crippen molar-refractivity contribution in [2.45, 2.75) is 26.2 Å². The molecule has 2 aromatic heterocycles. The summed E-state index contributed by atoms with van der Waals surface area (Å²) in [6.07, 6.45) is 2.30. The fourth-order valence-corrected chi connectivity index (χ4v) is 5.02. The van der Waals surface area contributed by atoms with Crippen molar-refractivity contribution in [3.8, 4) is 5.75 Å². The molecule has 4 aromatic rings. The summed E-state index contributed by atoms with van der Waals surface area (Å²) >= 11 is 0. The molecule has 0 fully saturated rings. The van der Waals surface area contributed by atoms with E-state index in [0.29, 0.717) is 17.0 Å². The minimum absolute atomic E-state index is 0.0679. The topological polar surface area (TPSA) is 105 Å². The van der Waals surface area contributed by atoms with Gasteiger partial charge in [-0.15, -0.1) is 0 Å². The average molecular weight is 575 g/mol. The number of carbonyl (C=O) groups is 3. The summed E-state index contributed by atoms with van der Waals surface area (Å²) in [5.74, 6) is -2.81. The number of benzene rings is 2. The van der Waals surface area contributed by atoms with E-state index < -0.39 is 35.0 Å². The molecule has 5 rings (SSSR count). The molecule has 216 valence electrons. The van der Waals surface area contributed by atoms with Crippen molar-refractivity contribution < 1.29 is 32.6 Å². The van der Waals surface area contributed by atoms with Gasteiger partial charge in [0.15, 0.2) is 11.6 Å². The number of aromatic amines is 1. The Labute approximate surface area is 240 Å². The number of nitrogens with zero attached hydrogens (tertiary/aromatic N) is 3. The van der Waals surface area contributed by atoms with Crippen LogP contribution in [0.15, 0.2) is 67.0 Å². The van der Waals surface area contributed by atoms with Crippen molar-refractivity contribution in [1.29, 1.82) is 0 Å². The van der Waals surface area contributed by atoms with Crippen molar-refractivity contribution in [2.24, 2.45) is 0 Å². The summed E-state index contributed by atoms with van der Waals surface area (Å²) in [5, 5.41) is 0.741. The highest BCUT2D eigenvalue weighted by Gasteiger charge is 2.37. The van der Waals surface area contributed by atoms with E-state index in [0.717, 1.165) is 23.1 Å². The number of ether oxygens (including phenoxy) is 2. The number of hydrogen-bond acceptors (Lipinski definition) is 6. The molecule has 2 aromatic carbocycles. The Morgan fingerprint density at radius 2 is 1.86 bits per heavy atom. The molecule has 0 saturated heterocycles. The SMILES string of the molecule is CCOC(=O)C1=CN(C(=O)c2ccc(F)c(F)c2)CC(C)(C)c2c1[nH]c1cc(OC(=O)N(C)c3ccccn3)ccc21. The molecule has 0 atom stereocenters. The van der Waals surface area contributed by atoms with Crippen LogP contribution in [-0.4, -0.2) is 53.0 Å². The van der Waals surface area contributed by atoms with Crippen LogP contribution < -0.4 is 9.64 Å². The number of aromatic nitrogens is 2. The zero-order chi connectivity index (χ0) is 30.2. The molecule has 0 bridgehead atoms. The summed E-state index contributed by atoms with van der Waals surface area (Å²) < 4.78 is 38.4. The number of rotatable bonds is 5. The van der Waals surface area contributed by atoms with Gasteiger partial charge in [-0.25, -0.2) is 23.4 Å². The zero-order valence-corrected chi connectivity index (χ0v) is 23.4. The minimum atomic E-state index is -1.15. The quantitative estimate of drug-likeness (QED) is 0.302. The number of amides is 2. The Balaban J connectivity index is 1.55. The number of H-pyrrole nitrogens is 1. The molecular weight excluding hydrogens is 546 g/mol. The summed E-state index contributed by atoms with van der Waals surface area (Å²) in [6.45, 7) is 5.68. The van der Waals surface area contributed by atoms with Crippen molar-refractivity contribution in [3.63, 3.8) is 0 Å². The second kappa shape index (κ2) is 11.1. The predicted octanol–water partition coefficient (Wildman–Crippen LogP) is 5.81. The maximum atomic E-state index is 13.9. The van der Waals surface area contributed by atoms with Gasteiger partial charge in [-0.3, -0.25) is 9.69 Å². The van der Waals surface area contributed by atoms with Crippen molar-refractivity contribution in [1.82, 2.24) is 14.9 Å². The van der Waals surface area contributed by atoms with Gasteiger partial charge in [-0.05, 0) is 55.0 Å². The average Bonchev–Trinajstić information content (AvgIpc) is 3.30. The van der Waals surface area contributed by atoms with Crippen LogP contribution in [0.1, 0.15) is 42.4 Å². The van der Waals surface area contributed by atoms with Crippen LogP contribution in [-0.2, 0) is 14.9 Å². The van der Waals surface area contributed by atoms with E-state index >= 15 is 0 Å². The van der Waals surface area contributed by atoms with Gasteiger partial charge in [0.1, 0.15) is 11.6 Å². The summed E-state index contributed by atoms with van der Waals surface area (Å²) in [6, 6.07) is 13.1. The molecule has 11 heteroatoms. The van der Waals surface area contributed by atoms with E-state index in [9.17, 15) is 23.2 Å². The molecule has 3 heterocycles. The Morgan fingerprint density at radius 3 is 2.55 bits per heavy atom. The summed E-state index contributed by atoms with van der Waals surface area (Å²) in [7, 11) is 1.55. The number of pyridine rings is 1. The summed E-state index contributed by atoms with van der Waals surface area (Å²) in [4.78, 5) is 49.4. The number of anilines is 1. The third-order valence-electron chi connectivity index (χ3n) is 6.96. The largest absolute Gasteiger partial charge is 0.462 e. The number of esters is 1. The lowest BCUT2D eigenvalue weighted by molar-refractivity contribution is -0.136. The van der Waals surface area contributed by atoms with Gasteiger partial charge in [-0.1, -0.05) is 19.9 Å². The number of hydrogen-bond donors (Lipinski definition) is 1. The van der Waals surface area contributed by atoms with Gasteiger partial charge in [0.2, 0.25) is 0 Å². The first-order chi connectivity index (χ1) is 20.0. The van der Waals surface area contributed by atoms with Gasteiger partial charge in [0, 0.05) is 53.9 Å². The van der Waals surface area contributed by atoms with Crippen LogP contribution in [0, 0.1) is 11.6 Å². The fraction of sp³-hybridized carbons (Fsp3) is 0.226. The Morgan fingerprint density at radius 1 is 1.07 bits per heavy atom. The van der Waals surface area contributed by atoms with Gasteiger partial charge in [-0.2, -0.15) is 0 Å². The first-order valence-corrected chi connectivity index (χ1v) is 13.2. The second-order valence-electron chi connectivity index (χ2n) is 10.4. The number of fused-ring (bicyclic) bond motifs is 3. The molecule has 1 N–H and O–H groups in total. The van der Waals surface area contributed by atoms with Gasteiger partial charge in [0.05, 0.1) is 17.9 Å². The highest BCUT2D eigenvalue weighted by Crippen LogP contribution is 2.41. The second-order valence-corrected chi connectivity index (χ2v) is 10.4. The van der Waals surface area contributed by atoms with Crippen LogP contribution in [0.2, 0.25) is 0 Å². The number of halogens is 2. The Bertz CT molecular complexity index is 1730. The van der Waals surface area contributed by atoms with E-state index in [2.05, 4.69) is 9.97 Å². The molecule has 0 aliphatic carbocycles. The predicted molar refractivity (Wildman–Crippen MR) is 152 cm³/mol. The third kappa shape index (κ3) is 5.32. The van der Waals surface area contributed by atoms with Gasteiger partial charge >= 0.3 is 12.1 Å². The molecule has 1 aliphatic heterocycles. The molecular formula is C31H28F2N4O5. The third-order valence-corrected chi connectivity index (χ3v) is 6.96. The van der Waals surface area contributed by atoms with Gasteiger partial charge < -0.3 is 19.4 Å². The maximum absolute atomic E-state index is 13.9. The molecule has 1 aliphatic rings. The highest BCUT2D eigenvalue weighted by atomic mass is 19.2. The standard InChI is InChI=1S/C31H28F2N4O5/c1-5-41-29(39)21-16-37(28(38)18-9-12-22(32)23(33)14-18)17-31(2,3)26-20-11-10-19(15-24(20)35-27(21)26)42-30(40)36(4)25-8-6-7-13-34-25/h6-16,35H,5,17H2,1-4H3. The van der Waals surface area contributed by atoms with Crippen molar-refractivity contribution in [2.75, 3.05) is 25.1 Å². The maximum Gasteiger partial charge on any atom is 0.420 e. The van der Waals surface area contributed by atoms with E-state index in [1.165, 1.54) is 22.1 Å². The monoisotopic (exact) mass is 574 g/mol. The Hall–Kier alpha value is -5.06.